The van der Waals surface area contributed by atoms with E-state index in [9.17, 15) is 4.79 Å². The van der Waals surface area contributed by atoms with E-state index >= 15 is 0 Å². The molecular weight excluding hydrogens is 138 g/mol. The van der Waals surface area contributed by atoms with E-state index < -0.39 is 0 Å². The van der Waals surface area contributed by atoms with E-state index in [-0.39, 0.29) is 6.04 Å². The molecular formula is C9H17NO. The minimum atomic E-state index is 0.107. The second kappa shape index (κ2) is 4.50. The lowest BCUT2D eigenvalue weighted by Gasteiger charge is -2.25. The first-order chi connectivity index (χ1) is 5.38. The van der Waals surface area contributed by atoms with Crippen LogP contribution in [0.25, 0.3) is 0 Å². The molecule has 1 aliphatic carbocycles. The van der Waals surface area contributed by atoms with Crippen molar-refractivity contribution < 1.29 is 4.79 Å². The Morgan fingerprint density at radius 1 is 1.36 bits per heavy atom. The lowest BCUT2D eigenvalue weighted by atomic mass is 9.84. The second-order valence-corrected chi connectivity index (χ2v) is 3.35. The molecule has 0 aromatic rings. The number of rotatable bonds is 3. The van der Waals surface area contributed by atoms with Crippen LogP contribution in [-0.4, -0.2) is 19.4 Å². The first kappa shape index (κ1) is 8.72. The van der Waals surface area contributed by atoms with Crippen LogP contribution >= 0.6 is 0 Å². The largest absolute Gasteiger partial charge is 0.311 e. The molecule has 0 amide bonds. The van der Waals surface area contributed by atoms with Crippen LogP contribution in [0.1, 0.15) is 32.1 Å². The topological polar surface area (TPSA) is 29.1 Å². The molecule has 0 saturated heterocycles. The zero-order chi connectivity index (χ0) is 8.10. The average Bonchev–Trinajstić information content (AvgIpc) is 2.09. The number of likely N-dealkylation sites (N-methyl/N-ethyl adjacent to an activating group) is 1. The van der Waals surface area contributed by atoms with Gasteiger partial charge in [0.05, 0.1) is 6.04 Å². The molecule has 1 unspecified atom stereocenters. The van der Waals surface area contributed by atoms with Gasteiger partial charge in [0.15, 0.2) is 0 Å². The molecule has 1 N–H and O–H groups in total. The highest BCUT2D eigenvalue weighted by Crippen LogP contribution is 2.25. The Labute approximate surface area is 68.4 Å². The van der Waals surface area contributed by atoms with Crippen LogP contribution in [0, 0.1) is 5.92 Å². The minimum Gasteiger partial charge on any atom is -0.311 e. The van der Waals surface area contributed by atoms with Crippen LogP contribution in [0.5, 0.6) is 0 Å². The van der Waals surface area contributed by atoms with Crippen molar-refractivity contribution in [3.63, 3.8) is 0 Å². The molecule has 0 bridgehead atoms. The summed E-state index contributed by atoms with van der Waals surface area (Å²) in [5, 5.41) is 3.05. The summed E-state index contributed by atoms with van der Waals surface area (Å²) in [5.74, 6) is 0.603. The quantitative estimate of drug-likeness (QED) is 0.623. The Morgan fingerprint density at radius 3 is 2.45 bits per heavy atom. The molecule has 0 aliphatic heterocycles. The molecule has 0 heterocycles. The number of nitrogens with one attached hydrogen (secondary N) is 1. The SMILES string of the molecule is CNC(C=O)C1CCCCC1. The molecule has 1 fully saturated rings. The monoisotopic (exact) mass is 155 g/mol. The molecule has 2 heteroatoms. The lowest BCUT2D eigenvalue weighted by Crippen LogP contribution is -2.35. The second-order valence-electron chi connectivity index (χ2n) is 3.35. The van der Waals surface area contributed by atoms with Crippen molar-refractivity contribution >= 4 is 6.29 Å². The molecule has 1 atom stereocenters. The molecule has 11 heavy (non-hydrogen) atoms. The van der Waals surface area contributed by atoms with Gasteiger partial charge in [-0.1, -0.05) is 19.3 Å². The average molecular weight is 155 g/mol. The van der Waals surface area contributed by atoms with Crippen molar-refractivity contribution in [3.8, 4) is 0 Å². The van der Waals surface area contributed by atoms with Crippen molar-refractivity contribution in [3.05, 3.63) is 0 Å². The summed E-state index contributed by atoms with van der Waals surface area (Å²) < 4.78 is 0. The number of carbonyl (C=O) groups excluding carboxylic acids is 1. The summed E-state index contributed by atoms with van der Waals surface area (Å²) in [6, 6.07) is 0.107. The van der Waals surface area contributed by atoms with E-state index in [0.29, 0.717) is 5.92 Å². The molecule has 64 valence electrons. The highest BCUT2D eigenvalue weighted by Gasteiger charge is 2.21. The summed E-state index contributed by atoms with van der Waals surface area (Å²) in [6.45, 7) is 0. The summed E-state index contributed by atoms with van der Waals surface area (Å²) in [7, 11) is 1.87. The predicted octanol–water partition coefficient (Wildman–Crippen LogP) is 1.35. The Balaban J connectivity index is 2.35. The lowest BCUT2D eigenvalue weighted by molar-refractivity contribution is -0.110. The Morgan fingerprint density at radius 2 is 2.00 bits per heavy atom. The third-order valence-electron chi connectivity index (χ3n) is 2.64. The van der Waals surface area contributed by atoms with Crippen molar-refractivity contribution in [1.29, 1.82) is 0 Å². The molecule has 0 aromatic heterocycles. The number of carbonyl (C=O) groups is 1. The van der Waals surface area contributed by atoms with Crippen LogP contribution in [0.15, 0.2) is 0 Å². The van der Waals surface area contributed by atoms with Crippen LogP contribution in [0.2, 0.25) is 0 Å². The van der Waals surface area contributed by atoms with Gasteiger partial charge in [-0.15, -0.1) is 0 Å². The van der Waals surface area contributed by atoms with E-state index in [0.717, 1.165) is 6.29 Å². The predicted molar refractivity (Wildman–Crippen MR) is 45.5 cm³/mol. The first-order valence-corrected chi connectivity index (χ1v) is 4.51. The molecule has 1 aliphatic rings. The van der Waals surface area contributed by atoms with Crippen molar-refractivity contribution in [2.45, 2.75) is 38.1 Å². The van der Waals surface area contributed by atoms with Gasteiger partial charge in [0.25, 0.3) is 0 Å². The maximum Gasteiger partial charge on any atom is 0.137 e. The Hall–Kier alpha value is -0.370. The van der Waals surface area contributed by atoms with Gasteiger partial charge in [-0.05, 0) is 25.8 Å². The summed E-state index contributed by atoms with van der Waals surface area (Å²) in [4.78, 5) is 10.6. The van der Waals surface area contributed by atoms with E-state index in [2.05, 4.69) is 5.32 Å². The van der Waals surface area contributed by atoms with Crippen LogP contribution in [0.4, 0.5) is 0 Å². The third kappa shape index (κ3) is 2.29. The molecule has 0 radical (unpaired) electrons. The van der Waals surface area contributed by atoms with Crippen molar-refractivity contribution in [2.24, 2.45) is 5.92 Å². The fourth-order valence-corrected chi connectivity index (χ4v) is 1.91. The van der Waals surface area contributed by atoms with Gasteiger partial charge >= 0.3 is 0 Å². The maximum atomic E-state index is 10.6. The van der Waals surface area contributed by atoms with Crippen LogP contribution in [-0.2, 0) is 4.79 Å². The molecule has 1 rings (SSSR count). The number of aldehydes is 1. The Kier molecular flexibility index (Phi) is 3.57. The zero-order valence-electron chi connectivity index (χ0n) is 7.18. The van der Waals surface area contributed by atoms with E-state index in [1.165, 1.54) is 32.1 Å². The van der Waals surface area contributed by atoms with Gasteiger partial charge in [-0.2, -0.15) is 0 Å². The normalized spacial score (nSPS) is 23.0. The van der Waals surface area contributed by atoms with E-state index in [1.54, 1.807) is 0 Å². The minimum absolute atomic E-state index is 0.107. The van der Waals surface area contributed by atoms with Crippen molar-refractivity contribution in [2.75, 3.05) is 7.05 Å². The summed E-state index contributed by atoms with van der Waals surface area (Å²) in [5.41, 5.74) is 0. The standard InChI is InChI=1S/C9H17NO/c1-10-9(7-11)8-5-3-2-4-6-8/h7-10H,2-6H2,1H3. The van der Waals surface area contributed by atoms with Gasteiger partial charge in [-0.3, -0.25) is 0 Å². The first-order valence-electron chi connectivity index (χ1n) is 4.51. The zero-order valence-corrected chi connectivity index (χ0v) is 7.18. The van der Waals surface area contributed by atoms with Gasteiger partial charge in [0, 0.05) is 0 Å². The number of hydrogen-bond donors (Lipinski definition) is 1. The maximum absolute atomic E-state index is 10.6. The van der Waals surface area contributed by atoms with Crippen LogP contribution in [0.3, 0.4) is 0 Å². The van der Waals surface area contributed by atoms with Gasteiger partial charge in [0.2, 0.25) is 0 Å². The molecule has 2 nitrogen and oxygen atoms in total. The smallest absolute Gasteiger partial charge is 0.137 e. The molecule has 1 saturated carbocycles. The summed E-state index contributed by atoms with van der Waals surface area (Å²) in [6.07, 6.45) is 7.46. The molecule has 0 spiro atoms. The summed E-state index contributed by atoms with van der Waals surface area (Å²) >= 11 is 0. The van der Waals surface area contributed by atoms with Crippen molar-refractivity contribution in [1.82, 2.24) is 5.32 Å². The van der Waals surface area contributed by atoms with E-state index in [4.69, 9.17) is 0 Å². The van der Waals surface area contributed by atoms with Gasteiger partial charge < -0.3 is 10.1 Å². The van der Waals surface area contributed by atoms with E-state index in [1.807, 2.05) is 7.05 Å². The highest BCUT2D eigenvalue weighted by molar-refractivity contribution is 5.58. The third-order valence-corrected chi connectivity index (χ3v) is 2.64. The Bertz CT molecular complexity index is 119. The highest BCUT2D eigenvalue weighted by atomic mass is 16.1. The number of hydrogen-bond acceptors (Lipinski definition) is 2. The van der Waals surface area contributed by atoms with Gasteiger partial charge in [0.1, 0.15) is 6.29 Å². The van der Waals surface area contributed by atoms with Crippen LogP contribution < -0.4 is 5.32 Å². The fraction of sp³-hybridized carbons (Fsp3) is 0.889. The fourth-order valence-electron chi connectivity index (χ4n) is 1.91. The molecule has 0 aromatic carbocycles. The van der Waals surface area contributed by atoms with Gasteiger partial charge in [-0.25, -0.2) is 0 Å².